The molecule has 4 amide bonds. The van der Waals surface area contributed by atoms with Crippen LogP contribution in [0.4, 0.5) is 0 Å². The Labute approximate surface area is 147 Å². The van der Waals surface area contributed by atoms with Crippen LogP contribution in [0, 0.1) is 0 Å². The van der Waals surface area contributed by atoms with Crippen molar-refractivity contribution in [2.75, 3.05) is 13.2 Å². The van der Waals surface area contributed by atoms with Crippen molar-refractivity contribution in [1.82, 2.24) is 10.2 Å². The van der Waals surface area contributed by atoms with Gasteiger partial charge in [0.25, 0.3) is 11.8 Å². The quantitative estimate of drug-likeness (QED) is 0.527. The van der Waals surface area contributed by atoms with Gasteiger partial charge in [0.05, 0.1) is 17.7 Å². The number of carbonyl (C=O) groups is 5. The molecule has 1 atom stereocenters. The van der Waals surface area contributed by atoms with Gasteiger partial charge in [-0.15, -0.1) is 0 Å². The van der Waals surface area contributed by atoms with Crippen molar-refractivity contribution >= 4 is 29.6 Å². The molecular formula is C17H16N2O7. The fourth-order valence-corrected chi connectivity index (χ4v) is 3.13. The molecule has 0 saturated carbocycles. The smallest absolute Gasteiger partial charge is 0.329 e. The normalized spacial score (nSPS) is 19.5. The number of rotatable bonds is 6. The number of nitrogens with zero attached hydrogens (tertiary/aromatic N) is 1. The average Bonchev–Trinajstić information content (AvgIpc) is 2.84. The van der Waals surface area contributed by atoms with Gasteiger partial charge in [0, 0.05) is 6.42 Å². The zero-order valence-electron chi connectivity index (χ0n) is 13.7. The summed E-state index contributed by atoms with van der Waals surface area (Å²) in [6, 6.07) is 3.76. The minimum absolute atomic E-state index is 0.0553. The standard InChI is InChI=1S/C17H16N2O7/c20-12-5-4-11(15(23)18-12)19-16(24)10-3-1-2-9(14(10)17(19)25)6-7-26-8-13(21)22/h1-3,11H,4-8H2,(H,21,22)(H,18,20,23). The van der Waals surface area contributed by atoms with Gasteiger partial charge in [-0.3, -0.25) is 29.4 Å². The summed E-state index contributed by atoms with van der Waals surface area (Å²) in [6.45, 7) is -0.382. The lowest BCUT2D eigenvalue weighted by atomic mass is 10.0. The molecule has 1 unspecified atom stereocenters. The number of hydrogen-bond acceptors (Lipinski definition) is 6. The maximum absolute atomic E-state index is 12.8. The van der Waals surface area contributed by atoms with Crippen LogP contribution in [0.2, 0.25) is 0 Å². The van der Waals surface area contributed by atoms with Gasteiger partial charge < -0.3 is 9.84 Å². The lowest BCUT2D eigenvalue weighted by molar-refractivity contribution is -0.142. The van der Waals surface area contributed by atoms with Crippen LogP contribution in [0.1, 0.15) is 39.1 Å². The number of nitrogens with one attached hydrogen (secondary N) is 1. The summed E-state index contributed by atoms with van der Waals surface area (Å²) < 4.78 is 4.98. The lowest BCUT2D eigenvalue weighted by Gasteiger charge is -2.27. The van der Waals surface area contributed by atoms with Gasteiger partial charge in [-0.1, -0.05) is 12.1 Å². The Morgan fingerprint density at radius 2 is 2.00 bits per heavy atom. The molecule has 2 aliphatic rings. The summed E-state index contributed by atoms with van der Waals surface area (Å²) in [5.41, 5.74) is 0.928. The van der Waals surface area contributed by atoms with Gasteiger partial charge in [-0.2, -0.15) is 0 Å². The molecular weight excluding hydrogens is 344 g/mol. The molecule has 0 radical (unpaired) electrons. The number of carbonyl (C=O) groups excluding carboxylic acids is 4. The SMILES string of the molecule is O=C(O)COCCc1cccc2c1C(=O)N(C1CCC(=O)NC1=O)C2=O. The van der Waals surface area contributed by atoms with Crippen LogP contribution in [-0.4, -0.2) is 58.9 Å². The van der Waals surface area contributed by atoms with E-state index in [9.17, 15) is 24.0 Å². The second-order valence-electron chi connectivity index (χ2n) is 5.98. The number of imide groups is 2. The Bertz CT molecular complexity index is 817. The van der Waals surface area contributed by atoms with Crippen LogP contribution in [0.5, 0.6) is 0 Å². The van der Waals surface area contributed by atoms with Crippen LogP contribution >= 0.6 is 0 Å². The predicted molar refractivity (Wildman–Crippen MR) is 85.3 cm³/mol. The molecule has 136 valence electrons. The molecule has 9 heteroatoms. The van der Waals surface area contributed by atoms with Gasteiger partial charge in [0.15, 0.2) is 0 Å². The molecule has 9 nitrogen and oxygen atoms in total. The molecule has 3 rings (SSSR count). The number of ether oxygens (including phenoxy) is 1. The average molecular weight is 360 g/mol. The minimum atomic E-state index is -1.10. The highest BCUT2D eigenvalue weighted by atomic mass is 16.5. The molecule has 2 aliphatic heterocycles. The molecule has 2 N–H and O–H groups in total. The molecule has 1 aromatic carbocycles. The van der Waals surface area contributed by atoms with E-state index in [1.165, 1.54) is 6.07 Å². The van der Waals surface area contributed by atoms with Crippen molar-refractivity contribution in [3.8, 4) is 0 Å². The van der Waals surface area contributed by atoms with Crippen molar-refractivity contribution in [1.29, 1.82) is 0 Å². The first-order valence-corrected chi connectivity index (χ1v) is 8.03. The summed E-state index contributed by atoms with van der Waals surface area (Å²) in [5, 5.41) is 10.7. The number of amides is 4. The lowest BCUT2D eigenvalue weighted by Crippen LogP contribution is -2.54. The van der Waals surface area contributed by atoms with Gasteiger partial charge in [-0.25, -0.2) is 4.79 Å². The molecule has 0 aromatic heterocycles. The van der Waals surface area contributed by atoms with E-state index in [0.717, 1.165) is 4.90 Å². The Kier molecular flexibility index (Phi) is 4.81. The number of piperidine rings is 1. The number of carboxylic acids is 1. The van der Waals surface area contributed by atoms with E-state index in [0.29, 0.717) is 5.56 Å². The van der Waals surface area contributed by atoms with E-state index in [1.807, 2.05) is 0 Å². The van der Waals surface area contributed by atoms with Crippen molar-refractivity contribution in [3.63, 3.8) is 0 Å². The highest BCUT2D eigenvalue weighted by molar-refractivity contribution is 6.24. The van der Waals surface area contributed by atoms with Crippen molar-refractivity contribution < 1.29 is 33.8 Å². The van der Waals surface area contributed by atoms with E-state index in [4.69, 9.17) is 9.84 Å². The Hall–Kier alpha value is -3.07. The molecule has 2 heterocycles. The zero-order chi connectivity index (χ0) is 18.8. The number of aliphatic carboxylic acids is 1. The largest absolute Gasteiger partial charge is 0.480 e. The third-order valence-corrected chi connectivity index (χ3v) is 4.30. The molecule has 1 saturated heterocycles. The molecule has 0 aliphatic carbocycles. The Balaban J connectivity index is 1.81. The molecule has 0 bridgehead atoms. The predicted octanol–water partition coefficient (Wildman–Crippen LogP) is -0.269. The van der Waals surface area contributed by atoms with Crippen LogP contribution < -0.4 is 5.32 Å². The first-order chi connectivity index (χ1) is 12.4. The van der Waals surface area contributed by atoms with E-state index >= 15 is 0 Å². The van der Waals surface area contributed by atoms with Crippen molar-refractivity contribution in [2.24, 2.45) is 0 Å². The van der Waals surface area contributed by atoms with Crippen LogP contribution in [0.25, 0.3) is 0 Å². The zero-order valence-corrected chi connectivity index (χ0v) is 13.7. The summed E-state index contributed by atoms with van der Waals surface area (Å²) in [4.78, 5) is 60.1. The highest BCUT2D eigenvalue weighted by Gasteiger charge is 2.45. The third kappa shape index (κ3) is 3.21. The summed E-state index contributed by atoms with van der Waals surface area (Å²) in [5.74, 6) is -3.36. The number of fused-ring (bicyclic) bond motifs is 1. The van der Waals surface area contributed by atoms with Gasteiger partial charge in [0.2, 0.25) is 11.8 Å². The highest BCUT2D eigenvalue weighted by Crippen LogP contribution is 2.30. The number of carboxylic acid groups (broad SMARTS) is 1. The maximum Gasteiger partial charge on any atom is 0.329 e. The fourth-order valence-electron chi connectivity index (χ4n) is 3.13. The monoisotopic (exact) mass is 360 g/mol. The molecule has 26 heavy (non-hydrogen) atoms. The molecule has 0 spiro atoms. The molecule has 1 fully saturated rings. The van der Waals surface area contributed by atoms with E-state index in [-0.39, 0.29) is 37.0 Å². The van der Waals surface area contributed by atoms with Crippen molar-refractivity contribution in [2.45, 2.75) is 25.3 Å². The first kappa shape index (κ1) is 17.7. The van der Waals surface area contributed by atoms with Gasteiger partial charge in [-0.05, 0) is 24.5 Å². The van der Waals surface area contributed by atoms with Crippen LogP contribution in [0.15, 0.2) is 18.2 Å². The second kappa shape index (κ2) is 7.04. The Morgan fingerprint density at radius 3 is 2.69 bits per heavy atom. The van der Waals surface area contributed by atoms with Gasteiger partial charge >= 0.3 is 5.97 Å². The van der Waals surface area contributed by atoms with E-state index < -0.39 is 42.2 Å². The summed E-state index contributed by atoms with van der Waals surface area (Å²) in [6.07, 6.45) is 0.394. The topological polar surface area (TPSA) is 130 Å². The van der Waals surface area contributed by atoms with E-state index in [1.54, 1.807) is 12.1 Å². The Morgan fingerprint density at radius 1 is 1.23 bits per heavy atom. The summed E-state index contributed by atoms with van der Waals surface area (Å²) >= 11 is 0. The first-order valence-electron chi connectivity index (χ1n) is 8.03. The third-order valence-electron chi connectivity index (χ3n) is 4.30. The minimum Gasteiger partial charge on any atom is -0.480 e. The second-order valence-corrected chi connectivity index (χ2v) is 5.98. The van der Waals surface area contributed by atoms with E-state index in [2.05, 4.69) is 5.32 Å². The van der Waals surface area contributed by atoms with Crippen LogP contribution in [-0.2, 0) is 25.5 Å². The van der Waals surface area contributed by atoms with Crippen LogP contribution in [0.3, 0.4) is 0 Å². The maximum atomic E-state index is 12.8. The summed E-state index contributed by atoms with van der Waals surface area (Å²) in [7, 11) is 0. The van der Waals surface area contributed by atoms with Crippen molar-refractivity contribution in [3.05, 3.63) is 34.9 Å². The molecule has 1 aromatic rings. The number of benzene rings is 1. The van der Waals surface area contributed by atoms with Gasteiger partial charge in [0.1, 0.15) is 12.6 Å². The number of hydrogen-bond donors (Lipinski definition) is 2. The fraction of sp³-hybridized carbons (Fsp3) is 0.353.